The maximum Gasteiger partial charge on any atom is 0.118 e. The standard InChI is InChI=1S/2C7H8O/c1-8-7-5-3-2-4-6-7;1-6-4-2-3-5-7(6)8/h2-6H,1H3;2-5,8H,1H3. The van der Waals surface area contributed by atoms with Crippen LogP contribution in [0.5, 0.6) is 11.5 Å². The monoisotopic (exact) mass is 216 g/mol. The van der Waals surface area contributed by atoms with E-state index in [-0.39, 0.29) is 0 Å². The van der Waals surface area contributed by atoms with Crippen molar-refractivity contribution < 1.29 is 9.84 Å². The number of ether oxygens (including phenoxy) is 1. The fraction of sp³-hybridized carbons (Fsp3) is 0.143. The summed E-state index contributed by atoms with van der Waals surface area (Å²) in [6, 6.07) is 16.9. The Morgan fingerprint density at radius 1 is 0.875 bits per heavy atom. The first-order valence-electron chi connectivity index (χ1n) is 5.07. The molecule has 0 heterocycles. The SMILES string of the molecule is COc1ccccc1.Cc1ccccc1O. The fourth-order valence-electron chi connectivity index (χ4n) is 1.12. The molecule has 0 radical (unpaired) electrons. The first kappa shape index (κ1) is 12.1. The summed E-state index contributed by atoms with van der Waals surface area (Å²) in [5.41, 5.74) is 0.924. The molecule has 84 valence electrons. The predicted molar refractivity (Wildman–Crippen MR) is 65.8 cm³/mol. The molecule has 0 unspecified atom stereocenters. The molecule has 0 aromatic heterocycles. The van der Waals surface area contributed by atoms with E-state index in [1.54, 1.807) is 13.2 Å². The number of phenolic OH excluding ortho intramolecular Hbond substituents is 1. The average Bonchev–Trinajstić information content (AvgIpc) is 2.35. The molecule has 0 aliphatic heterocycles. The fourth-order valence-corrected chi connectivity index (χ4v) is 1.12. The molecule has 0 saturated heterocycles. The van der Waals surface area contributed by atoms with Gasteiger partial charge in [-0.3, -0.25) is 0 Å². The normalized spacial score (nSPS) is 8.88. The molecule has 16 heavy (non-hydrogen) atoms. The Bertz CT molecular complexity index is 389. The number of aromatic hydroxyl groups is 1. The van der Waals surface area contributed by atoms with Crippen molar-refractivity contribution in [1.29, 1.82) is 0 Å². The van der Waals surface area contributed by atoms with Crippen LogP contribution in [0.2, 0.25) is 0 Å². The lowest BCUT2D eigenvalue weighted by atomic mass is 10.2. The molecule has 0 saturated carbocycles. The zero-order valence-corrected chi connectivity index (χ0v) is 9.55. The molecular weight excluding hydrogens is 200 g/mol. The van der Waals surface area contributed by atoms with Crippen LogP contribution < -0.4 is 4.74 Å². The molecule has 0 atom stereocenters. The highest BCUT2D eigenvalue weighted by Crippen LogP contribution is 2.12. The molecule has 0 aliphatic rings. The molecule has 1 N–H and O–H groups in total. The minimum atomic E-state index is 0.368. The Morgan fingerprint density at radius 3 is 1.81 bits per heavy atom. The maximum atomic E-state index is 8.92. The van der Waals surface area contributed by atoms with Gasteiger partial charge in [0.2, 0.25) is 0 Å². The first-order chi connectivity index (χ1) is 7.74. The van der Waals surface area contributed by atoms with E-state index < -0.39 is 0 Å². The molecule has 2 nitrogen and oxygen atoms in total. The lowest BCUT2D eigenvalue weighted by molar-refractivity contribution is 0.415. The zero-order valence-electron chi connectivity index (χ0n) is 9.55. The number of hydrogen-bond acceptors (Lipinski definition) is 2. The van der Waals surface area contributed by atoms with Crippen molar-refractivity contribution in [2.24, 2.45) is 0 Å². The summed E-state index contributed by atoms with van der Waals surface area (Å²) in [5.74, 6) is 1.28. The molecule has 0 spiro atoms. The van der Waals surface area contributed by atoms with Gasteiger partial charge in [0.1, 0.15) is 11.5 Å². The van der Waals surface area contributed by atoms with Gasteiger partial charge in [-0.05, 0) is 30.7 Å². The number of rotatable bonds is 1. The quantitative estimate of drug-likeness (QED) is 0.791. The van der Waals surface area contributed by atoms with Crippen LogP contribution in [0.25, 0.3) is 0 Å². The smallest absolute Gasteiger partial charge is 0.118 e. The van der Waals surface area contributed by atoms with Gasteiger partial charge in [-0.15, -0.1) is 0 Å². The summed E-state index contributed by atoms with van der Waals surface area (Å²) in [7, 11) is 1.66. The highest BCUT2D eigenvalue weighted by atomic mass is 16.5. The number of aryl methyl sites for hydroxylation is 1. The van der Waals surface area contributed by atoms with E-state index in [9.17, 15) is 0 Å². The third-order valence-corrected chi connectivity index (χ3v) is 2.09. The summed E-state index contributed by atoms with van der Waals surface area (Å²) in [6.45, 7) is 1.87. The summed E-state index contributed by atoms with van der Waals surface area (Å²) in [6.07, 6.45) is 0. The molecule has 0 amide bonds. The Balaban J connectivity index is 0.000000160. The molecule has 2 aromatic carbocycles. The Morgan fingerprint density at radius 2 is 1.44 bits per heavy atom. The van der Waals surface area contributed by atoms with E-state index in [2.05, 4.69) is 0 Å². The Hall–Kier alpha value is -1.96. The van der Waals surface area contributed by atoms with E-state index in [1.165, 1.54) is 0 Å². The summed E-state index contributed by atoms with van der Waals surface area (Å²) < 4.78 is 4.91. The van der Waals surface area contributed by atoms with E-state index in [0.29, 0.717) is 5.75 Å². The van der Waals surface area contributed by atoms with Crippen LogP contribution in [0.4, 0.5) is 0 Å². The number of para-hydroxylation sites is 2. The third kappa shape index (κ3) is 4.05. The summed E-state index contributed by atoms with van der Waals surface area (Å²) >= 11 is 0. The van der Waals surface area contributed by atoms with Crippen LogP contribution in [0.3, 0.4) is 0 Å². The minimum Gasteiger partial charge on any atom is -0.508 e. The lowest BCUT2D eigenvalue weighted by Crippen LogP contribution is -1.78. The van der Waals surface area contributed by atoms with Crippen LogP contribution >= 0.6 is 0 Å². The highest BCUT2D eigenvalue weighted by Gasteiger charge is 1.87. The molecule has 0 bridgehead atoms. The van der Waals surface area contributed by atoms with Gasteiger partial charge in [0.25, 0.3) is 0 Å². The van der Waals surface area contributed by atoms with Gasteiger partial charge < -0.3 is 9.84 Å². The van der Waals surface area contributed by atoms with E-state index in [1.807, 2.05) is 55.5 Å². The Labute approximate surface area is 96.1 Å². The number of phenols is 1. The van der Waals surface area contributed by atoms with Gasteiger partial charge in [0.15, 0.2) is 0 Å². The van der Waals surface area contributed by atoms with Crippen molar-refractivity contribution in [2.75, 3.05) is 7.11 Å². The van der Waals surface area contributed by atoms with Gasteiger partial charge in [0, 0.05) is 0 Å². The topological polar surface area (TPSA) is 29.5 Å². The van der Waals surface area contributed by atoms with Crippen molar-refractivity contribution in [3.63, 3.8) is 0 Å². The van der Waals surface area contributed by atoms with Gasteiger partial charge in [-0.1, -0.05) is 36.4 Å². The van der Waals surface area contributed by atoms with Gasteiger partial charge in [0.05, 0.1) is 7.11 Å². The summed E-state index contributed by atoms with van der Waals surface area (Å²) in [4.78, 5) is 0. The molecular formula is C14H16O2. The first-order valence-corrected chi connectivity index (χ1v) is 5.07. The third-order valence-electron chi connectivity index (χ3n) is 2.09. The van der Waals surface area contributed by atoms with Crippen molar-refractivity contribution in [2.45, 2.75) is 6.92 Å². The van der Waals surface area contributed by atoms with Crippen molar-refractivity contribution in [3.05, 3.63) is 60.2 Å². The van der Waals surface area contributed by atoms with Crippen molar-refractivity contribution >= 4 is 0 Å². The van der Waals surface area contributed by atoms with E-state index in [0.717, 1.165) is 11.3 Å². The number of hydrogen-bond donors (Lipinski definition) is 1. The van der Waals surface area contributed by atoms with E-state index >= 15 is 0 Å². The second kappa shape index (κ2) is 6.51. The molecule has 0 fully saturated rings. The predicted octanol–water partition coefficient (Wildman–Crippen LogP) is 3.40. The summed E-state index contributed by atoms with van der Waals surface area (Å²) in [5, 5.41) is 8.92. The zero-order chi connectivity index (χ0) is 11.8. The lowest BCUT2D eigenvalue weighted by Gasteiger charge is -1.93. The molecule has 2 heteroatoms. The Kier molecular flexibility index (Phi) is 4.93. The maximum absolute atomic E-state index is 8.92. The second-order valence-electron chi connectivity index (χ2n) is 3.30. The van der Waals surface area contributed by atoms with Crippen LogP contribution in [0.1, 0.15) is 5.56 Å². The van der Waals surface area contributed by atoms with Crippen molar-refractivity contribution in [1.82, 2.24) is 0 Å². The van der Waals surface area contributed by atoms with E-state index in [4.69, 9.17) is 9.84 Å². The van der Waals surface area contributed by atoms with Crippen LogP contribution in [0.15, 0.2) is 54.6 Å². The van der Waals surface area contributed by atoms with Crippen molar-refractivity contribution in [3.8, 4) is 11.5 Å². The average molecular weight is 216 g/mol. The van der Waals surface area contributed by atoms with Gasteiger partial charge in [-0.25, -0.2) is 0 Å². The number of benzene rings is 2. The van der Waals surface area contributed by atoms with Crippen LogP contribution in [-0.2, 0) is 0 Å². The van der Waals surface area contributed by atoms with Gasteiger partial charge >= 0.3 is 0 Å². The highest BCUT2D eigenvalue weighted by molar-refractivity contribution is 5.29. The van der Waals surface area contributed by atoms with Gasteiger partial charge in [-0.2, -0.15) is 0 Å². The largest absolute Gasteiger partial charge is 0.508 e. The molecule has 2 rings (SSSR count). The second-order valence-corrected chi connectivity index (χ2v) is 3.30. The van der Waals surface area contributed by atoms with Crippen LogP contribution in [0, 0.1) is 6.92 Å². The number of methoxy groups -OCH3 is 1. The molecule has 2 aromatic rings. The minimum absolute atomic E-state index is 0.368. The molecule has 0 aliphatic carbocycles. The van der Waals surface area contributed by atoms with Crippen LogP contribution in [-0.4, -0.2) is 12.2 Å².